The molecule has 30 heavy (non-hydrogen) atoms. The fourth-order valence-corrected chi connectivity index (χ4v) is 4.15. The van der Waals surface area contributed by atoms with Crippen LogP contribution in [0.2, 0.25) is 0 Å². The van der Waals surface area contributed by atoms with Gasteiger partial charge in [0.25, 0.3) is 5.91 Å². The van der Waals surface area contributed by atoms with Crippen LogP contribution in [-0.4, -0.2) is 20.5 Å². The molecule has 3 aromatic heterocycles. The molecule has 0 saturated carbocycles. The number of carbonyl (C=O) groups excluding carboxylic acids is 1. The smallest absolute Gasteiger partial charge is 0.255 e. The van der Waals surface area contributed by atoms with Crippen LogP contribution < -0.4 is 5.32 Å². The van der Waals surface area contributed by atoms with E-state index in [9.17, 15) is 9.18 Å². The van der Waals surface area contributed by atoms with Crippen molar-refractivity contribution in [3.8, 4) is 11.3 Å². The maximum absolute atomic E-state index is 14.5. The Balaban J connectivity index is 1.42. The Bertz CT molecular complexity index is 1290. The van der Waals surface area contributed by atoms with E-state index in [0.29, 0.717) is 16.8 Å². The number of pyridine rings is 2. The van der Waals surface area contributed by atoms with E-state index in [2.05, 4.69) is 15.4 Å². The Labute approximate surface area is 173 Å². The van der Waals surface area contributed by atoms with E-state index in [1.54, 1.807) is 29.9 Å². The molecule has 0 spiro atoms. The van der Waals surface area contributed by atoms with Crippen molar-refractivity contribution in [3.63, 3.8) is 0 Å². The van der Waals surface area contributed by atoms with Crippen molar-refractivity contribution >= 4 is 11.4 Å². The summed E-state index contributed by atoms with van der Waals surface area (Å²) in [4.78, 5) is 17.2. The first-order chi connectivity index (χ1) is 14.5. The number of amides is 1. The number of carbonyl (C=O) groups is 1. The number of hydrogen-bond acceptors (Lipinski definition) is 3. The monoisotopic (exact) mass is 400 g/mol. The molecule has 1 atom stereocenters. The molecule has 0 saturated heterocycles. The minimum atomic E-state index is -0.288. The van der Waals surface area contributed by atoms with E-state index in [4.69, 9.17) is 0 Å². The quantitative estimate of drug-likeness (QED) is 0.548. The van der Waals surface area contributed by atoms with Gasteiger partial charge < -0.3 is 5.32 Å². The molecule has 0 aliphatic heterocycles. The van der Waals surface area contributed by atoms with Crippen molar-refractivity contribution in [2.24, 2.45) is 0 Å². The highest BCUT2D eigenvalue weighted by Gasteiger charge is 2.26. The summed E-state index contributed by atoms with van der Waals surface area (Å²) in [6.45, 7) is 3.73. The second-order valence-corrected chi connectivity index (χ2v) is 7.86. The first-order valence-electron chi connectivity index (χ1n) is 10.0. The molecular formula is C24H21FN4O. The number of aryl methyl sites for hydroxylation is 3. The van der Waals surface area contributed by atoms with Gasteiger partial charge in [0, 0.05) is 18.0 Å². The topological polar surface area (TPSA) is 59.3 Å². The van der Waals surface area contributed by atoms with Crippen molar-refractivity contribution < 1.29 is 9.18 Å². The molecule has 3 heterocycles. The van der Waals surface area contributed by atoms with Crippen LogP contribution in [0.3, 0.4) is 0 Å². The van der Waals surface area contributed by atoms with Crippen LogP contribution in [0.15, 0.2) is 55.0 Å². The lowest BCUT2D eigenvalue weighted by Gasteiger charge is -2.14. The van der Waals surface area contributed by atoms with E-state index in [0.717, 1.165) is 40.6 Å². The number of rotatable bonds is 3. The van der Waals surface area contributed by atoms with Gasteiger partial charge >= 0.3 is 0 Å². The van der Waals surface area contributed by atoms with Crippen LogP contribution in [0.5, 0.6) is 0 Å². The van der Waals surface area contributed by atoms with Crippen molar-refractivity contribution in [2.75, 3.05) is 0 Å². The summed E-state index contributed by atoms with van der Waals surface area (Å²) in [7, 11) is 0. The van der Waals surface area contributed by atoms with Crippen molar-refractivity contribution in [1.29, 1.82) is 0 Å². The maximum Gasteiger partial charge on any atom is 0.255 e. The Morgan fingerprint density at radius 2 is 2.07 bits per heavy atom. The molecule has 1 aromatic carbocycles. The molecule has 150 valence electrons. The molecule has 5 nitrogen and oxygen atoms in total. The Hall–Kier alpha value is -3.54. The minimum absolute atomic E-state index is 0.0726. The maximum atomic E-state index is 14.5. The number of nitrogens with one attached hydrogen (secondary N) is 1. The normalized spacial score (nSPS) is 15.4. The summed E-state index contributed by atoms with van der Waals surface area (Å²) < 4.78 is 16.2. The van der Waals surface area contributed by atoms with Gasteiger partial charge in [-0.25, -0.2) is 8.91 Å². The third kappa shape index (κ3) is 3.05. The molecule has 1 aliphatic rings. The average Bonchev–Trinajstić information content (AvgIpc) is 3.33. The van der Waals surface area contributed by atoms with E-state index >= 15 is 0 Å². The van der Waals surface area contributed by atoms with Gasteiger partial charge in [0.2, 0.25) is 0 Å². The molecule has 0 radical (unpaired) electrons. The largest absolute Gasteiger partial charge is 0.345 e. The van der Waals surface area contributed by atoms with Crippen molar-refractivity contribution in [2.45, 2.75) is 32.7 Å². The first kappa shape index (κ1) is 18.5. The van der Waals surface area contributed by atoms with Gasteiger partial charge in [-0.15, -0.1) is 0 Å². The fourth-order valence-electron chi connectivity index (χ4n) is 4.15. The third-order valence-electron chi connectivity index (χ3n) is 5.80. The third-order valence-corrected chi connectivity index (χ3v) is 5.80. The zero-order valence-corrected chi connectivity index (χ0v) is 16.8. The standard InChI is InChI=1S/C24H21FN4O/c1-14-8-10-29-21(11-14)19(13-27-29)24(30)28-20-6-4-16-12-17(3-5-18(16)20)23-22(25)15(2)7-9-26-23/h3,5,7-13,20H,4,6H2,1-2H3,(H,28,30)/t20-/m1/s1. The predicted molar refractivity (Wildman–Crippen MR) is 113 cm³/mol. The molecule has 0 unspecified atom stereocenters. The minimum Gasteiger partial charge on any atom is -0.345 e. The molecular weight excluding hydrogens is 379 g/mol. The van der Waals surface area contributed by atoms with Gasteiger partial charge in [-0.05, 0) is 73.2 Å². The lowest BCUT2D eigenvalue weighted by molar-refractivity contribution is 0.0938. The molecule has 1 aliphatic carbocycles. The average molecular weight is 400 g/mol. The lowest BCUT2D eigenvalue weighted by atomic mass is 10.0. The molecule has 0 bridgehead atoms. The van der Waals surface area contributed by atoms with Gasteiger partial charge in [-0.3, -0.25) is 9.78 Å². The van der Waals surface area contributed by atoms with E-state index < -0.39 is 0 Å². The lowest BCUT2D eigenvalue weighted by Crippen LogP contribution is -2.27. The van der Waals surface area contributed by atoms with E-state index in [1.165, 1.54) is 0 Å². The van der Waals surface area contributed by atoms with Gasteiger partial charge in [0.15, 0.2) is 5.82 Å². The number of hydrogen-bond donors (Lipinski definition) is 1. The number of benzene rings is 1. The van der Waals surface area contributed by atoms with Gasteiger partial charge in [-0.1, -0.05) is 12.1 Å². The Morgan fingerprint density at radius 3 is 2.93 bits per heavy atom. The number of aromatic nitrogens is 3. The molecule has 4 aromatic rings. The molecule has 0 fully saturated rings. The van der Waals surface area contributed by atoms with Crippen LogP contribution >= 0.6 is 0 Å². The summed E-state index contributed by atoms with van der Waals surface area (Å²) >= 11 is 0. The molecule has 5 rings (SSSR count). The van der Waals surface area contributed by atoms with Crippen molar-refractivity contribution in [3.05, 3.63) is 88.6 Å². The molecule has 1 amide bonds. The predicted octanol–water partition coefficient (Wildman–Crippen LogP) is 4.57. The number of nitrogens with zero attached hydrogens (tertiary/aromatic N) is 3. The van der Waals surface area contributed by atoms with E-state index in [-0.39, 0.29) is 17.8 Å². The summed E-state index contributed by atoms with van der Waals surface area (Å²) in [6, 6.07) is 11.4. The number of halogens is 1. The fraction of sp³-hybridized carbons (Fsp3) is 0.208. The van der Waals surface area contributed by atoms with Crippen LogP contribution in [0.1, 0.15) is 45.1 Å². The Morgan fingerprint density at radius 1 is 1.20 bits per heavy atom. The van der Waals surface area contributed by atoms with Crippen molar-refractivity contribution in [1.82, 2.24) is 19.9 Å². The zero-order valence-electron chi connectivity index (χ0n) is 16.8. The summed E-state index contributed by atoms with van der Waals surface area (Å²) in [5.74, 6) is -0.424. The zero-order chi connectivity index (χ0) is 20.8. The molecule has 1 N–H and O–H groups in total. The van der Waals surface area contributed by atoms with Gasteiger partial charge in [-0.2, -0.15) is 5.10 Å². The van der Waals surface area contributed by atoms with Crippen LogP contribution in [0, 0.1) is 19.7 Å². The Kier molecular flexibility index (Phi) is 4.35. The highest BCUT2D eigenvalue weighted by molar-refractivity contribution is 6.00. The van der Waals surface area contributed by atoms with Crippen LogP contribution in [0.25, 0.3) is 16.8 Å². The second-order valence-electron chi connectivity index (χ2n) is 7.86. The SMILES string of the molecule is Cc1ccn2ncc(C(=O)N[C@@H]3CCc4cc(-c5nccc(C)c5F)ccc43)c2c1. The van der Waals surface area contributed by atoms with Gasteiger partial charge in [0.1, 0.15) is 5.69 Å². The van der Waals surface area contributed by atoms with Crippen LogP contribution in [-0.2, 0) is 6.42 Å². The molecule has 6 heteroatoms. The van der Waals surface area contributed by atoms with Crippen LogP contribution in [0.4, 0.5) is 4.39 Å². The summed E-state index contributed by atoms with van der Waals surface area (Å²) in [5, 5.41) is 7.42. The summed E-state index contributed by atoms with van der Waals surface area (Å²) in [6.07, 6.45) is 6.73. The highest BCUT2D eigenvalue weighted by Crippen LogP contribution is 2.35. The first-order valence-corrected chi connectivity index (χ1v) is 10.0. The number of fused-ring (bicyclic) bond motifs is 2. The second kappa shape index (κ2) is 7.06. The van der Waals surface area contributed by atoms with Gasteiger partial charge in [0.05, 0.1) is 23.3 Å². The highest BCUT2D eigenvalue weighted by atomic mass is 19.1. The summed E-state index contributed by atoms with van der Waals surface area (Å²) in [5.41, 5.74) is 6.34. The van der Waals surface area contributed by atoms with E-state index in [1.807, 2.05) is 43.5 Å².